The molecule has 1 heterocycles. The summed E-state index contributed by atoms with van der Waals surface area (Å²) in [5.41, 5.74) is 0.0435. The van der Waals surface area contributed by atoms with Crippen LogP contribution >= 0.6 is 0 Å². The molecule has 0 radical (unpaired) electrons. The van der Waals surface area contributed by atoms with Crippen molar-refractivity contribution in [3.8, 4) is 16.9 Å². The number of benzene rings is 2. The standard InChI is InChI=1S/C22H21F3N2O3S/c1-21(2,27-31(28,29)18-9-5-8-17(13-18)22(23,24)25)16-7-4-6-15(12-16)19-10-11-26-14-20(19)30-3/h4-14,27H,1-3H3. The van der Waals surface area contributed by atoms with E-state index in [0.717, 1.165) is 29.3 Å². The first-order chi connectivity index (χ1) is 14.4. The quantitative estimate of drug-likeness (QED) is 0.575. The lowest BCUT2D eigenvalue weighted by atomic mass is 9.92. The monoisotopic (exact) mass is 450 g/mol. The van der Waals surface area contributed by atoms with Crippen LogP contribution in [0.1, 0.15) is 25.0 Å². The van der Waals surface area contributed by atoms with Gasteiger partial charge < -0.3 is 4.74 Å². The van der Waals surface area contributed by atoms with Crippen molar-refractivity contribution >= 4 is 10.0 Å². The van der Waals surface area contributed by atoms with Crippen LogP contribution in [0.2, 0.25) is 0 Å². The highest BCUT2D eigenvalue weighted by Crippen LogP contribution is 2.33. The first-order valence-corrected chi connectivity index (χ1v) is 10.7. The zero-order valence-corrected chi connectivity index (χ0v) is 17.9. The van der Waals surface area contributed by atoms with E-state index in [9.17, 15) is 21.6 Å². The second-order valence-corrected chi connectivity index (χ2v) is 9.10. The molecule has 0 saturated carbocycles. The maximum Gasteiger partial charge on any atom is 0.416 e. The van der Waals surface area contributed by atoms with Gasteiger partial charge in [0.25, 0.3) is 0 Å². The molecule has 3 aromatic rings. The highest BCUT2D eigenvalue weighted by Gasteiger charge is 2.33. The lowest BCUT2D eigenvalue weighted by Crippen LogP contribution is -2.41. The van der Waals surface area contributed by atoms with E-state index in [1.165, 1.54) is 7.11 Å². The van der Waals surface area contributed by atoms with E-state index in [0.29, 0.717) is 17.4 Å². The number of aromatic nitrogens is 1. The van der Waals surface area contributed by atoms with Crippen molar-refractivity contribution in [3.63, 3.8) is 0 Å². The maximum atomic E-state index is 13.0. The molecular weight excluding hydrogens is 429 g/mol. The number of halogens is 3. The summed E-state index contributed by atoms with van der Waals surface area (Å²) in [5, 5.41) is 0. The fourth-order valence-electron chi connectivity index (χ4n) is 3.15. The Kier molecular flexibility index (Phi) is 6.11. The van der Waals surface area contributed by atoms with Gasteiger partial charge in [0.1, 0.15) is 5.75 Å². The van der Waals surface area contributed by atoms with Crippen molar-refractivity contribution in [1.82, 2.24) is 9.71 Å². The second-order valence-electron chi connectivity index (χ2n) is 7.41. The predicted octanol–water partition coefficient (Wildman–Crippen LogP) is 4.99. The minimum atomic E-state index is -4.64. The van der Waals surface area contributed by atoms with Crippen LogP contribution in [-0.4, -0.2) is 20.5 Å². The van der Waals surface area contributed by atoms with Crippen LogP contribution in [0, 0.1) is 0 Å². The van der Waals surface area contributed by atoms with Crippen molar-refractivity contribution < 1.29 is 26.3 Å². The highest BCUT2D eigenvalue weighted by molar-refractivity contribution is 7.89. The second kappa shape index (κ2) is 8.32. The van der Waals surface area contributed by atoms with Gasteiger partial charge >= 0.3 is 6.18 Å². The van der Waals surface area contributed by atoms with Gasteiger partial charge in [-0.2, -0.15) is 13.2 Å². The number of nitrogens with one attached hydrogen (secondary N) is 1. The van der Waals surface area contributed by atoms with Gasteiger partial charge in [-0.15, -0.1) is 0 Å². The Bertz CT molecular complexity index is 1190. The van der Waals surface area contributed by atoms with Crippen molar-refractivity contribution in [2.45, 2.75) is 30.5 Å². The summed E-state index contributed by atoms with van der Waals surface area (Å²) in [7, 11) is -2.70. The van der Waals surface area contributed by atoms with Crippen LogP contribution in [0.15, 0.2) is 71.9 Å². The molecule has 0 aliphatic carbocycles. The average Bonchev–Trinajstić information content (AvgIpc) is 2.72. The van der Waals surface area contributed by atoms with E-state index in [-0.39, 0.29) is 0 Å². The third kappa shape index (κ3) is 5.05. The molecule has 31 heavy (non-hydrogen) atoms. The van der Waals surface area contributed by atoms with E-state index in [1.807, 2.05) is 6.07 Å². The van der Waals surface area contributed by atoms with Crippen LogP contribution in [0.4, 0.5) is 13.2 Å². The molecule has 0 atom stereocenters. The molecule has 5 nitrogen and oxygen atoms in total. The van der Waals surface area contributed by atoms with Gasteiger partial charge in [-0.1, -0.05) is 24.3 Å². The molecule has 0 aliphatic heterocycles. The van der Waals surface area contributed by atoms with Crippen LogP contribution in [-0.2, 0) is 21.7 Å². The van der Waals surface area contributed by atoms with E-state index in [1.54, 1.807) is 50.5 Å². The summed E-state index contributed by atoms with van der Waals surface area (Å²) >= 11 is 0. The third-order valence-corrected chi connectivity index (χ3v) is 6.41. The fraction of sp³-hybridized carbons (Fsp3) is 0.227. The van der Waals surface area contributed by atoms with Gasteiger partial charge in [-0.25, -0.2) is 13.1 Å². The first-order valence-electron chi connectivity index (χ1n) is 9.24. The van der Waals surface area contributed by atoms with Crippen LogP contribution < -0.4 is 9.46 Å². The molecule has 1 aromatic heterocycles. The van der Waals surface area contributed by atoms with Gasteiger partial charge in [-0.3, -0.25) is 4.98 Å². The van der Waals surface area contributed by atoms with E-state index in [2.05, 4.69) is 9.71 Å². The molecule has 0 amide bonds. The Morgan fingerprint density at radius 3 is 2.32 bits per heavy atom. The SMILES string of the molecule is COc1cnccc1-c1cccc(C(C)(C)NS(=O)(=O)c2cccc(C(F)(F)F)c2)c1. The van der Waals surface area contributed by atoms with Crippen LogP contribution in [0.5, 0.6) is 5.75 Å². The van der Waals surface area contributed by atoms with Crippen molar-refractivity contribution in [1.29, 1.82) is 0 Å². The Balaban J connectivity index is 1.96. The number of nitrogens with zero attached hydrogens (tertiary/aromatic N) is 1. The third-order valence-electron chi connectivity index (χ3n) is 4.76. The maximum absolute atomic E-state index is 13.0. The number of ether oxygens (including phenoxy) is 1. The molecule has 0 saturated heterocycles. The smallest absolute Gasteiger partial charge is 0.416 e. The van der Waals surface area contributed by atoms with Crippen molar-refractivity contribution in [2.24, 2.45) is 0 Å². The zero-order chi connectivity index (χ0) is 22.9. The molecular formula is C22H21F3N2O3S. The zero-order valence-electron chi connectivity index (χ0n) is 17.1. The minimum Gasteiger partial charge on any atom is -0.494 e. The summed E-state index contributed by atoms with van der Waals surface area (Å²) in [4.78, 5) is 3.57. The lowest BCUT2D eigenvalue weighted by Gasteiger charge is -2.27. The Morgan fingerprint density at radius 2 is 1.65 bits per heavy atom. The molecule has 0 aliphatic rings. The Labute approximate surface area is 179 Å². The lowest BCUT2D eigenvalue weighted by molar-refractivity contribution is -0.137. The number of sulfonamides is 1. The molecule has 0 spiro atoms. The van der Waals surface area contributed by atoms with Crippen molar-refractivity contribution in [2.75, 3.05) is 7.11 Å². The molecule has 0 unspecified atom stereocenters. The summed E-state index contributed by atoms with van der Waals surface area (Å²) < 4.78 is 72.5. The summed E-state index contributed by atoms with van der Waals surface area (Å²) in [5.74, 6) is 0.557. The van der Waals surface area contributed by atoms with Gasteiger partial charge in [0.05, 0.1) is 29.3 Å². The average molecular weight is 450 g/mol. The Hall–Kier alpha value is -2.91. The number of methoxy groups -OCH3 is 1. The highest BCUT2D eigenvalue weighted by atomic mass is 32.2. The molecule has 164 valence electrons. The van der Waals surface area contributed by atoms with Gasteiger partial charge in [0.2, 0.25) is 10.0 Å². The minimum absolute atomic E-state index is 0.456. The largest absolute Gasteiger partial charge is 0.494 e. The van der Waals surface area contributed by atoms with Gasteiger partial charge in [0.15, 0.2) is 0 Å². The number of hydrogen-bond donors (Lipinski definition) is 1. The van der Waals surface area contributed by atoms with Crippen LogP contribution in [0.3, 0.4) is 0 Å². The van der Waals surface area contributed by atoms with Gasteiger partial charge in [-0.05, 0) is 55.3 Å². The van der Waals surface area contributed by atoms with Crippen molar-refractivity contribution in [3.05, 3.63) is 78.1 Å². The topological polar surface area (TPSA) is 68.3 Å². The number of hydrogen-bond acceptors (Lipinski definition) is 4. The number of rotatable bonds is 6. The fourth-order valence-corrected chi connectivity index (χ4v) is 4.60. The van der Waals surface area contributed by atoms with E-state index in [4.69, 9.17) is 4.74 Å². The molecule has 0 bridgehead atoms. The van der Waals surface area contributed by atoms with E-state index >= 15 is 0 Å². The van der Waals surface area contributed by atoms with Gasteiger partial charge in [0, 0.05) is 11.8 Å². The number of pyridine rings is 1. The summed E-state index contributed by atoms with van der Waals surface area (Å²) in [6.07, 6.45) is -1.45. The Morgan fingerprint density at radius 1 is 0.968 bits per heavy atom. The van der Waals surface area contributed by atoms with E-state index < -0.39 is 32.2 Å². The predicted molar refractivity (Wildman–Crippen MR) is 111 cm³/mol. The molecule has 9 heteroatoms. The first kappa shape index (κ1) is 22.8. The molecule has 2 aromatic carbocycles. The summed E-state index contributed by atoms with van der Waals surface area (Å²) in [6, 6.07) is 12.6. The number of alkyl halides is 3. The molecule has 0 fully saturated rings. The summed E-state index contributed by atoms with van der Waals surface area (Å²) in [6.45, 7) is 3.28. The normalized spacial score (nSPS) is 12.6. The molecule has 1 N–H and O–H groups in total. The van der Waals surface area contributed by atoms with Crippen LogP contribution in [0.25, 0.3) is 11.1 Å². The molecule has 3 rings (SSSR count).